The number of hydrogen-bond acceptors (Lipinski definition) is 5. The molecule has 0 saturated heterocycles. The Morgan fingerprint density at radius 1 is 1.09 bits per heavy atom. The third-order valence-corrected chi connectivity index (χ3v) is 5.23. The summed E-state index contributed by atoms with van der Waals surface area (Å²) in [6.45, 7) is 3.44. The molecule has 0 saturated carbocycles. The Bertz CT molecular complexity index is 1290. The van der Waals surface area contributed by atoms with Gasteiger partial charge in [-0.15, -0.1) is 0 Å². The average molecular weight is 441 g/mol. The molecule has 4 rings (SSSR count). The van der Waals surface area contributed by atoms with Crippen molar-refractivity contribution in [2.24, 2.45) is 7.05 Å². The van der Waals surface area contributed by atoms with Gasteiger partial charge in [-0.25, -0.2) is 23.1 Å². The molecular formula is C23H22F3N5O. The van der Waals surface area contributed by atoms with E-state index in [1.165, 1.54) is 12.1 Å². The molecule has 2 heterocycles. The summed E-state index contributed by atoms with van der Waals surface area (Å²) in [6.07, 6.45) is -1.06. The number of benzene rings is 2. The zero-order chi connectivity index (χ0) is 23.0. The van der Waals surface area contributed by atoms with Crippen LogP contribution in [-0.4, -0.2) is 26.9 Å². The van der Waals surface area contributed by atoms with Gasteiger partial charge in [-0.2, -0.15) is 5.10 Å². The lowest BCUT2D eigenvalue weighted by Crippen LogP contribution is -2.12. The fourth-order valence-corrected chi connectivity index (χ4v) is 3.66. The van der Waals surface area contributed by atoms with Crippen LogP contribution in [0.15, 0.2) is 42.6 Å². The first-order valence-corrected chi connectivity index (χ1v) is 9.98. The predicted molar refractivity (Wildman–Crippen MR) is 116 cm³/mol. The highest BCUT2D eigenvalue weighted by Gasteiger charge is 2.21. The number of aromatic nitrogens is 4. The topological polar surface area (TPSA) is 64.9 Å². The second-order valence-electron chi connectivity index (χ2n) is 7.48. The third-order valence-electron chi connectivity index (χ3n) is 5.23. The number of hydrogen-bond donors (Lipinski definition) is 1. The van der Waals surface area contributed by atoms with Crippen molar-refractivity contribution in [3.63, 3.8) is 0 Å². The Balaban J connectivity index is 1.79. The van der Waals surface area contributed by atoms with Crippen LogP contribution in [0, 0.1) is 12.7 Å². The summed E-state index contributed by atoms with van der Waals surface area (Å²) in [5.41, 5.74) is 1.66. The minimum atomic E-state index is -2.89. The van der Waals surface area contributed by atoms with Crippen LogP contribution < -0.4 is 10.1 Å². The summed E-state index contributed by atoms with van der Waals surface area (Å²) in [5, 5.41) is 8.25. The standard InChI is InChI=1S/C23H22F3N5O/c1-12(14-6-5-7-15(21(14)24)22(25)26)27-23-17-11-20(32-4)16(18-8-9-31(3)30-18)10-19(17)28-13(2)29-23/h5-12,22H,1-4H3,(H,27,28,29). The number of nitrogens with zero attached hydrogens (tertiary/aromatic N) is 4. The largest absolute Gasteiger partial charge is 0.496 e. The fourth-order valence-electron chi connectivity index (χ4n) is 3.66. The normalized spacial score (nSPS) is 12.4. The van der Waals surface area contributed by atoms with E-state index in [1.807, 2.05) is 25.4 Å². The highest BCUT2D eigenvalue weighted by molar-refractivity contribution is 5.94. The van der Waals surface area contributed by atoms with Crippen LogP contribution in [0.3, 0.4) is 0 Å². The van der Waals surface area contributed by atoms with E-state index in [0.29, 0.717) is 28.3 Å². The molecule has 4 aromatic rings. The number of aryl methyl sites for hydroxylation is 2. The second kappa shape index (κ2) is 8.49. The number of anilines is 1. The first kappa shape index (κ1) is 21.6. The number of fused-ring (bicyclic) bond motifs is 1. The van der Waals surface area contributed by atoms with Crippen LogP contribution in [0.5, 0.6) is 5.75 Å². The van der Waals surface area contributed by atoms with Gasteiger partial charge in [0.15, 0.2) is 0 Å². The highest BCUT2D eigenvalue weighted by Crippen LogP contribution is 2.36. The molecule has 2 aromatic carbocycles. The van der Waals surface area contributed by atoms with Crippen LogP contribution >= 0.6 is 0 Å². The van der Waals surface area contributed by atoms with Gasteiger partial charge in [-0.1, -0.05) is 18.2 Å². The molecular weight excluding hydrogens is 419 g/mol. The van der Waals surface area contributed by atoms with Gasteiger partial charge in [0, 0.05) is 29.8 Å². The molecule has 0 aliphatic rings. The third kappa shape index (κ3) is 3.98. The lowest BCUT2D eigenvalue weighted by Gasteiger charge is -2.19. The van der Waals surface area contributed by atoms with Crippen molar-refractivity contribution in [2.45, 2.75) is 26.3 Å². The summed E-state index contributed by atoms with van der Waals surface area (Å²) in [5.74, 6) is 0.608. The van der Waals surface area contributed by atoms with E-state index < -0.39 is 23.8 Å². The Kier molecular flexibility index (Phi) is 5.73. The van der Waals surface area contributed by atoms with E-state index in [1.54, 1.807) is 31.7 Å². The smallest absolute Gasteiger partial charge is 0.266 e. The van der Waals surface area contributed by atoms with Crippen LogP contribution in [0.25, 0.3) is 22.2 Å². The van der Waals surface area contributed by atoms with Gasteiger partial charge in [-0.05, 0) is 32.0 Å². The molecule has 1 N–H and O–H groups in total. The van der Waals surface area contributed by atoms with Gasteiger partial charge < -0.3 is 10.1 Å². The number of halogens is 3. The van der Waals surface area contributed by atoms with Crippen molar-refractivity contribution in [1.82, 2.24) is 19.7 Å². The van der Waals surface area contributed by atoms with Crippen molar-refractivity contribution in [3.8, 4) is 17.0 Å². The molecule has 1 atom stereocenters. The van der Waals surface area contributed by atoms with E-state index in [9.17, 15) is 13.2 Å². The molecule has 1 unspecified atom stereocenters. The zero-order valence-electron chi connectivity index (χ0n) is 18.0. The van der Waals surface area contributed by atoms with Crippen LogP contribution in [0.4, 0.5) is 19.0 Å². The van der Waals surface area contributed by atoms with Crippen LogP contribution in [0.1, 0.15) is 36.3 Å². The summed E-state index contributed by atoms with van der Waals surface area (Å²) in [6, 6.07) is 8.90. The minimum absolute atomic E-state index is 0.129. The maximum Gasteiger partial charge on any atom is 0.266 e. The fraction of sp³-hybridized carbons (Fsp3) is 0.261. The highest BCUT2D eigenvalue weighted by atomic mass is 19.3. The monoisotopic (exact) mass is 441 g/mol. The van der Waals surface area contributed by atoms with Gasteiger partial charge in [0.2, 0.25) is 0 Å². The molecule has 32 heavy (non-hydrogen) atoms. The number of methoxy groups -OCH3 is 1. The zero-order valence-corrected chi connectivity index (χ0v) is 18.0. The number of ether oxygens (including phenoxy) is 1. The summed E-state index contributed by atoms with van der Waals surface area (Å²) >= 11 is 0. The molecule has 166 valence electrons. The summed E-state index contributed by atoms with van der Waals surface area (Å²) in [4.78, 5) is 8.99. The molecule has 0 aliphatic heterocycles. The lowest BCUT2D eigenvalue weighted by atomic mass is 10.0. The molecule has 6 nitrogen and oxygen atoms in total. The van der Waals surface area contributed by atoms with Crippen molar-refractivity contribution < 1.29 is 17.9 Å². The van der Waals surface area contributed by atoms with Gasteiger partial charge in [0.1, 0.15) is 23.2 Å². The number of nitrogens with one attached hydrogen (secondary N) is 1. The number of rotatable bonds is 6. The van der Waals surface area contributed by atoms with Crippen LogP contribution in [0.2, 0.25) is 0 Å². The van der Waals surface area contributed by atoms with Crippen LogP contribution in [-0.2, 0) is 7.05 Å². The Labute approximate surface area is 183 Å². The van der Waals surface area contributed by atoms with E-state index in [4.69, 9.17) is 4.74 Å². The lowest BCUT2D eigenvalue weighted by molar-refractivity contribution is 0.146. The van der Waals surface area contributed by atoms with E-state index in [2.05, 4.69) is 20.4 Å². The molecule has 0 fully saturated rings. The second-order valence-corrected chi connectivity index (χ2v) is 7.48. The van der Waals surface area contributed by atoms with Crippen molar-refractivity contribution in [2.75, 3.05) is 12.4 Å². The van der Waals surface area contributed by atoms with Crippen molar-refractivity contribution in [3.05, 3.63) is 65.4 Å². The average Bonchev–Trinajstić information content (AvgIpc) is 3.18. The SMILES string of the molecule is COc1cc2c(NC(C)c3cccc(C(F)F)c3F)nc(C)nc2cc1-c1ccn(C)n1. The molecule has 2 aromatic heterocycles. The maximum absolute atomic E-state index is 14.6. The van der Waals surface area contributed by atoms with Gasteiger partial charge >= 0.3 is 0 Å². The molecule has 0 bridgehead atoms. The van der Waals surface area contributed by atoms with Gasteiger partial charge in [0.25, 0.3) is 6.43 Å². The molecule has 0 aliphatic carbocycles. The number of alkyl halides is 2. The van der Waals surface area contributed by atoms with E-state index in [0.717, 1.165) is 17.3 Å². The molecule has 0 radical (unpaired) electrons. The Morgan fingerprint density at radius 2 is 1.84 bits per heavy atom. The maximum atomic E-state index is 14.6. The molecule has 9 heteroatoms. The van der Waals surface area contributed by atoms with Gasteiger partial charge in [-0.3, -0.25) is 4.68 Å². The Morgan fingerprint density at radius 3 is 2.50 bits per heavy atom. The summed E-state index contributed by atoms with van der Waals surface area (Å²) < 4.78 is 48.2. The molecule has 0 spiro atoms. The van der Waals surface area contributed by atoms with Gasteiger partial charge in [0.05, 0.1) is 29.9 Å². The first-order chi connectivity index (χ1) is 15.3. The van der Waals surface area contributed by atoms with Crippen molar-refractivity contribution in [1.29, 1.82) is 0 Å². The quantitative estimate of drug-likeness (QED) is 0.422. The van der Waals surface area contributed by atoms with E-state index >= 15 is 0 Å². The minimum Gasteiger partial charge on any atom is -0.496 e. The Hall–Kier alpha value is -3.62. The first-order valence-electron chi connectivity index (χ1n) is 9.98. The van der Waals surface area contributed by atoms with Crippen molar-refractivity contribution >= 4 is 16.7 Å². The predicted octanol–water partition coefficient (Wildman–Crippen LogP) is 5.60. The molecule has 0 amide bonds. The van der Waals surface area contributed by atoms with E-state index in [-0.39, 0.29) is 5.56 Å². The summed E-state index contributed by atoms with van der Waals surface area (Å²) in [7, 11) is 3.39.